The van der Waals surface area contributed by atoms with Crippen molar-refractivity contribution in [3.63, 3.8) is 0 Å². The molecular formula is C42H58N4O8. The normalized spacial score (nSPS) is 15.6. The Morgan fingerprint density at radius 1 is 0.852 bits per heavy atom. The third-order valence-electron chi connectivity index (χ3n) is 9.71. The highest BCUT2D eigenvalue weighted by Gasteiger charge is 2.37. The summed E-state index contributed by atoms with van der Waals surface area (Å²) in [5.41, 5.74) is 2.94. The summed E-state index contributed by atoms with van der Waals surface area (Å²) < 4.78 is 22.4. The first-order valence-electron chi connectivity index (χ1n) is 19.0. The van der Waals surface area contributed by atoms with Gasteiger partial charge in [-0.2, -0.15) is 0 Å². The van der Waals surface area contributed by atoms with Gasteiger partial charge in [-0.3, -0.25) is 19.3 Å². The number of piperazine rings is 1. The highest BCUT2D eigenvalue weighted by Crippen LogP contribution is 2.38. The molecule has 4 rings (SSSR count). The van der Waals surface area contributed by atoms with Gasteiger partial charge in [0.05, 0.1) is 53.1 Å². The van der Waals surface area contributed by atoms with Gasteiger partial charge in [-0.15, -0.1) is 0 Å². The lowest BCUT2D eigenvalue weighted by atomic mass is 9.98. The highest BCUT2D eigenvalue weighted by molar-refractivity contribution is 5.88. The molecule has 12 heteroatoms. The summed E-state index contributed by atoms with van der Waals surface area (Å²) in [6.45, 7) is 5.46. The second-order valence-electron chi connectivity index (χ2n) is 13.6. The number of ether oxygens (including phenoxy) is 4. The molecule has 3 aromatic carbocycles. The fourth-order valence-corrected chi connectivity index (χ4v) is 6.61. The van der Waals surface area contributed by atoms with E-state index in [1.54, 1.807) is 19.1 Å². The molecule has 3 atom stereocenters. The first-order chi connectivity index (χ1) is 26.3. The number of hydrogen-bond acceptors (Lipinski definition) is 9. The summed E-state index contributed by atoms with van der Waals surface area (Å²) in [6, 6.07) is 21.8. The SMILES string of the molecule is CCCCNC(=O)C[C@H](O)[C@H](Cc1ccccc1)NC(=O)C1CN(CCOCCc2ccccc2)CCN1C(=O)CCc1cc(OC)c(OC)c(OC)c1. The summed E-state index contributed by atoms with van der Waals surface area (Å²) in [6.07, 6.45) is 2.14. The number of carbonyl (C=O) groups is 3. The molecule has 1 unspecified atom stereocenters. The van der Waals surface area contributed by atoms with Crippen LogP contribution in [0.5, 0.6) is 17.2 Å². The number of nitrogens with zero attached hydrogens (tertiary/aromatic N) is 2. The summed E-state index contributed by atoms with van der Waals surface area (Å²) in [5.74, 6) is 0.646. The van der Waals surface area contributed by atoms with E-state index >= 15 is 0 Å². The Labute approximate surface area is 320 Å². The van der Waals surface area contributed by atoms with Gasteiger partial charge in [0, 0.05) is 39.1 Å². The molecule has 54 heavy (non-hydrogen) atoms. The monoisotopic (exact) mass is 746 g/mol. The van der Waals surface area contributed by atoms with Gasteiger partial charge in [0.25, 0.3) is 0 Å². The molecular weight excluding hydrogens is 688 g/mol. The molecule has 1 fully saturated rings. The van der Waals surface area contributed by atoms with Crippen LogP contribution >= 0.6 is 0 Å². The second-order valence-corrected chi connectivity index (χ2v) is 13.6. The van der Waals surface area contributed by atoms with Crippen LogP contribution in [0.25, 0.3) is 0 Å². The molecule has 3 N–H and O–H groups in total. The van der Waals surface area contributed by atoms with Gasteiger partial charge in [0.1, 0.15) is 6.04 Å². The number of methoxy groups -OCH3 is 3. The van der Waals surface area contributed by atoms with Crippen molar-refractivity contribution in [2.24, 2.45) is 0 Å². The van der Waals surface area contributed by atoms with E-state index in [4.69, 9.17) is 18.9 Å². The van der Waals surface area contributed by atoms with Gasteiger partial charge in [0.15, 0.2) is 11.5 Å². The van der Waals surface area contributed by atoms with Crippen molar-refractivity contribution in [3.8, 4) is 17.2 Å². The Bertz CT molecular complexity index is 1570. The topological polar surface area (TPSA) is 139 Å². The Balaban J connectivity index is 1.48. The van der Waals surface area contributed by atoms with E-state index in [1.807, 2.05) is 67.6 Å². The number of nitrogens with one attached hydrogen (secondary N) is 2. The van der Waals surface area contributed by atoms with Crippen LogP contribution in [0.2, 0.25) is 0 Å². The van der Waals surface area contributed by atoms with Crippen molar-refractivity contribution in [1.82, 2.24) is 20.4 Å². The van der Waals surface area contributed by atoms with E-state index in [1.165, 1.54) is 12.7 Å². The van der Waals surface area contributed by atoms with Crippen LogP contribution < -0.4 is 24.8 Å². The molecule has 0 aromatic heterocycles. The van der Waals surface area contributed by atoms with Crippen molar-refractivity contribution >= 4 is 17.7 Å². The summed E-state index contributed by atoms with van der Waals surface area (Å²) >= 11 is 0. The van der Waals surface area contributed by atoms with Crippen LogP contribution in [0.4, 0.5) is 0 Å². The van der Waals surface area contributed by atoms with Gasteiger partial charge < -0.3 is 39.6 Å². The maximum atomic E-state index is 14.3. The minimum Gasteiger partial charge on any atom is -0.493 e. The van der Waals surface area contributed by atoms with Crippen molar-refractivity contribution in [2.45, 2.75) is 70.1 Å². The number of aliphatic hydroxyl groups is 1. The lowest BCUT2D eigenvalue weighted by Crippen LogP contribution is -2.62. The Morgan fingerprint density at radius 2 is 1.52 bits per heavy atom. The standard InChI is InChI=1S/C42H58N4O8/c1-5-6-20-43-39(48)29-36(47)34(26-32-15-11-8-12-16-32)44-42(50)35-30-45(23-25-54-24-19-31-13-9-7-10-14-31)21-22-46(35)40(49)18-17-33-27-37(51-2)41(53-4)38(28-33)52-3/h7-16,27-28,34-36,47H,5-6,17-26,29-30H2,1-4H3,(H,43,48)(H,44,50)/t34-,35?,36-/m0/s1. The Hall–Kier alpha value is -4.65. The van der Waals surface area contributed by atoms with Crippen LogP contribution in [0.1, 0.15) is 49.3 Å². The number of benzene rings is 3. The Morgan fingerprint density at radius 3 is 2.15 bits per heavy atom. The third-order valence-corrected chi connectivity index (χ3v) is 9.71. The lowest BCUT2D eigenvalue weighted by molar-refractivity contribution is -0.145. The highest BCUT2D eigenvalue weighted by atomic mass is 16.5. The Kier molecular flexibility index (Phi) is 17.6. The smallest absolute Gasteiger partial charge is 0.244 e. The summed E-state index contributed by atoms with van der Waals surface area (Å²) in [7, 11) is 4.63. The molecule has 1 aliphatic rings. The molecule has 0 radical (unpaired) electrons. The maximum Gasteiger partial charge on any atom is 0.244 e. The molecule has 0 bridgehead atoms. The van der Waals surface area contributed by atoms with E-state index in [-0.39, 0.29) is 30.6 Å². The second kappa shape index (κ2) is 22.5. The minimum absolute atomic E-state index is 0.152. The quantitative estimate of drug-likeness (QED) is 0.131. The van der Waals surface area contributed by atoms with Gasteiger partial charge in [-0.05, 0) is 54.5 Å². The fourth-order valence-electron chi connectivity index (χ4n) is 6.61. The van der Waals surface area contributed by atoms with Gasteiger partial charge in [-0.25, -0.2) is 0 Å². The number of rotatable bonds is 22. The van der Waals surface area contributed by atoms with Crippen molar-refractivity contribution in [3.05, 3.63) is 89.5 Å². The summed E-state index contributed by atoms with van der Waals surface area (Å²) in [4.78, 5) is 44.7. The first-order valence-corrected chi connectivity index (χ1v) is 19.0. The third kappa shape index (κ3) is 13.0. The number of hydrogen-bond donors (Lipinski definition) is 3. The van der Waals surface area contributed by atoms with E-state index in [9.17, 15) is 19.5 Å². The van der Waals surface area contributed by atoms with Crippen LogP contribution in [0, 0.1) is 0 Å². The van der Waals surface area contributed by atoms with Gasteiger partial charge >= 0.3 is 0 Å². The molecule has 3 aromatic rings. The zero-order valence-electron chi connectivity index (χ0n) is 32.3. The number of unbranched alkanes of at least 4 members (excludes halogenated alkanes) is 1. The largest absolute Gasteiger partial charge is 0.493 e. The zero-order valence-corrected chi connectivity index (χ0v) is 32.3. The molecule has 12 nitrogen and oxygen atoms in total. The van der Waals surface area contributed by atoms with Gasteiger partial charge in [-0.1, -0.05) is 74.0 Å². The van der Waals surface area contributed by atoms with Crippen molar-refractivity contribution in [1.29, 1.82) is 0 Å². The molecule has 294 valence electrons. The van der Waals surface area contributed by atoms with Crippen LogP contribution in [-0.2, 0) is 38.4 Å². The number of carbonyl (C=O) groups excluding carboxylic acids is 3. The van der Waals surface area contributed by atoms with Crippen LogP contribution in [0.15, 0.2) is 72.8 Å². The lowest BCUT2D eigenvalue weighted by Gasteiger charge is -2.41. The number of aryl methyl sites for hydroxylation is 1. The maximum absolute atomic E-state index is 14.3. The molecule has 3 amide bonds. The minimum atomic E-state index is -1.14. The average Bonchev–Trinajstić information content (AvgIpc) is 3.19. The van der Waals surface area contributed by atoms with Crippen molar-refractivity contribution in [2.75, 3.05) is 67.3 Å². The van der Waals surface area contributed by atoms with Crippen molar-refractivity contribution < 1.29 is 38.4 Å². The zero-order chi connectivity index (χ0) is 38.7. The predicted molar refractivity (Wildman–Crippen MR) is 208 cm³/mol. The van der Waals surface area contributed by atoms with Crippen LogP contribution in [0.3, 0.4) is 0 Å². The molecule has 1 aliphatic heterocycles. The average molecular weight is 747 g/mol. The van der Waals surface area contributed by atoms with Gasteiger partial charge in [0.2, 0.25) is 23.5 Å². The number of aliphatic hydroxyl groups excluding tert-OH is 1. The fraction of sp³-hybridized carbons (Fsp3) is 0.500. The first kappa shape index (κ1) is 42.1. The molecule has 0 spiro atoms. The van der Waals surface area contributed by atoms with Crippen LogP contribution in [-0.4, -0.2) is 118 Å². The molecule has 0 aliphatic carbocycles. The molecule has 1 heterocycles. The molecule has 0 saturated carbocycles. The number of amides is 3. The van der Waals surface area contributed by atoms with E-state index in [0.717, 1.165) is 30.4 Å². The van der Waals surface area contributed by atoms with E-state index in [2.05, 4.69) is 27.7 Å². The van der Waals surface area contributed by atoms with E-state index < -0.39 is 18.2 Å². The van der Waals surface area contributed by atoms with E-state index in [0.29, 0.717) is 76.0 Å². The molecule has 1 saturated heterocycles. The summed E-state index contributed by atoms with van der Waals surface area (Å²) in [5, 5.41) is 17.3. The predicted octanol–water partition coefficient (Wildman–Crippen LogP) is 3.81.